The van der Waals surface area contributed by atoms with Gasteiger partial charge in [0.05, 0.1) is 14.2 Å². The Morgan fingerprint density at radius 2 is 0.969 bits per heavy atom. The number of anilines is 2. The molecule has 0 radical (unpaired) electrons. The summed E-state index contributed by atoms with van der Waals surface area (Å²) < 4.78 is 31.4. The number of fused-ring (bicyclic) bond motifs is 8. The Morgan fingerprint density at radius 1 is 0.594 bits per heavy atom. The van der Waals surface area contributed by atoms with Crippen molar-refractivity contribution in [2.45, 2.75) is 48.5 Å². The summed E-state index contributed by atoms with van der Waals surface area (Å²) in [7, 11) is 4.58. The van der Waals surface area contributed by atoms with Crippen LogP contribution in [0, 0.1) is 0 Å². The van der Waals surface area contributed by atoms with E-state index in [0.29, 0.717) is 45.5 Å². The third kappa shape index (κ3) is 6.01. The van der Waals surface area contributed by atoms with Gasteiger partial charge in [-0.3, -0.25) is 19.4 Å². The van der Waals surface area contributed by atoms with E-state index < -0.39 is 47.6 Å². The number of methoxy groups -OCH3 is 2. The third-order valence-corrected chi connectivity index (χ3v) is 12.6. The number of esters is 2. The Kier molecular flexibility index (Phi) is 10.5. The van der Waals surface area contributed by atoms with Crippen LogP contribution in [0.5, 0.6) is 23.0 Å². The van der Waals surface area contributed by atoms with Crippen molar-refractivity contribution < 1.29 is 68.0 Å². The van der Waals surface area contributed by atoms with E-state index in [1.807, 2.05) is 70.5 Å². The first-order valence-electron chi connectivity index (χ1n) is 20.2. The van der Waals surface area contributed by atoms with Crippen LogP contribution in [-0.4, -0.2) is 120 Å². The van der Waals surface area contributed by atoms with Gasteiger partial charge in [0, 0.05) is 49.6 Å². The summed E-state index contributed by atoms with van der Waals surface area (Å²) in [6.07, 6.45) is 2.32. The molecule has 0 saturated carbocycles. The number of nitrogens with zero attached hydrogens (tertiary/aromatic N) is 4. The first-order chi connectivity index (χ1) is 31.1. The molecule has 0 aliphatic carbocycles. The van der Waals surface area contributed by atoms with Gasteiger partial charge in [-0.2, -0.15) is 0 Å². The molecule has 332 valence electrons. The van der Waals surface area contributed by atoms with E-state index in [4.69, 9.17) is 38.6 Å². The Hall–Kier alpha value is -7.12. The molecular weight excluding hydrogens is 833 g/mol. The minimum absolute atomic E-state index is 0.0981. The highest BCUT2D eigenvalue weighted by Crippen LogP contribution is 2.59. The number of para-hydroxylation sites is 2. The van der Waals surface area contributed by atoms with Crippen LogP contribution in [0.3, 0.4) is 0 Å². The Balaban J connectivity index is 0.000000151. The van der Waals surface area contributed by atoms with Gasteiger partial charge in [-0.05, 0) is 59.7 Å². The molecule has 8 heterocycles. The van der Waals surface area contributed by atoms with Gasteiger partial charge in [-0.25, -0.2) is 9.59 Å². The third-order valence-electron chi connectivity index (χ3n) is 12.6. The highest BCUT2D eigenvalue weighted by molar-refractivity contribution is 6.09. The number of carbonyl (C=O) groups is 4. The predicted octanol–water partition coefficient (Wildman–Crippen LogP) is 2.37. The van der Waals surface area contributed by atoms with Crippen LogP contribution in [-0.2, 0) is 39.9 Å². The van der Waals surface area contributed by atoms with Gasteiger partial charge < -0.3 is 58.6 Å². The first kappa shape index (κ1) is 42.2. The van der Waals surface area contributed by atoms with Crippen LogP contribution in [0.25, 0.3) is 12.2 Å². The van der Waals surface area contributed by atoms with E-state index in [1.54, 1.807) is 36.4 Å². The van der Waals surface area contributed by atoms with Crippen LogP contribution in [0.4, 0.5) is 11.4 Å². The van der Waals surface area contributed by atoms with E-state index in [0.717, 1.165) is 36.7 Å². The largest absolute Gasteiger partial charge is 0.467 e. The summed E-state index contributed by atoms with van der Waals surface area (Å²) in [5.41, 5.74) is 2.51. The summed E-state index contributed by atoms with van der Waals surface area (Å²) in [6, 6.07) is 24.0. The molecule has 4 fully saturated rings. The second kappa shape index (κ2) is 15.9. The molecule has 0 spiro atoms. The number of benzene rings is 4. The Bertz CT molecular complexity index is 2470. The maximum Gasteiger partial charge on any atom is 0.328 e. The molecule has 4 aromatic carbocycles. The Labute approximate surface area is 366 Å². The predicted molar refractivity (Wildman–Crippen MR) is 225 cm³/mol. The number of aliphatic hydroxyl groups is 4. The van der Waals surface area contributed by atoms with Gasteiger partial charge in [0.1, 0.15) is 47.0 Å². The molecule has 4 N–H and O–H groups in total. The van der Waals surface area contributed by atoms with Crippen molar-refractivity contribution in [3.63, 3.8) is 0 Å². The molecule has 6 atom stereocenters. The number of rotatable bonds is 4. The smallest absolute Gasteiger partial charge is 0.328 e. The van der Waals surface area contributed by atoms with Crippen LogP contribution in [0.1, 0.15) is 35.1 Å². The first-order valence-corrected chi connectivity index (χ1v) is 20.2. The molecule has 18 heteroatoms. The highest BCUT2D eigenvalue weighted by Gasteiger charge is 2.69. The van der Waals surface area contributed by atoms with E-state index in [1.165, 1.54) is 24.0 Å². The molecule has 8 aliphatic heterocycles. The van der Waals surface area contributed by atoms with Crippen molar-refractivity contribution in [1.29, 1.82) is 0 Å². The van der Waals surface area contributed by atoms with Crippen molar-refractivity contribution in [3.05, 3.63) is 119 Å². The molecule has 4 aromatic rings. The number of aliphatic hydroxyl groups excluding tert-OH is 2. The lowest BCUT2D eigenvalue weighted by molar-refractivity contribution is -0.150. The lowest BCUT2D eigenvalue weighted by Crippen LogP contribution is -2.45. The topological polar surface area (TPSA) is 218 Å². The second-order valence-corrected chi connectivity index (χ2v) is 15.6. The molecule has 64 heavy (non-hydrogen) atoms. The van der Waals surface area contributed by atoms with Gasteiger partial charge in [0.25, 0.3) is 11.8 Å². The van der Waals surface area contributed by atoms with Crippen molar-refractivity contribution in [2.24, 2.45) is 0 Å². The molecule has 4 saturated heterocycles. The van der Waals surface area contributed by atoms with Crippen molar-refractivity contribution >= 4 is 47.3 Å². The normalized spacial score (nSPS) is 27.2. The average Bonchev–Trinajstić information content (AvgIpc) is 4.21. The number of hydrogen-bond donors (Lipinski definition) is 4. The average molecular weight is 877 g/mol. The quantitative estimate of drug-likeness (QED) is 0.171. The zero-order chi connectivity index (χ0) is 45.2. The van der Waals surface area contributed by atoms with Crippen molar-refractivity contribution in [1.82, 2.24) is 9.80 Å². The highest BCUT2D eigenvalue weighted by atomic mass is 16.7. The summed E-state index contributed by atoms with van der Waals surface area (Å²) in [4.78, 5) is 58.3. The standard InChI is InChI=1S/2C22H18N2O6.2CH4O/c2*1-28-20(26)16-10-22(27)13-4-2-3-5-14(13)23-15(19(25)24(16)21(22)23)8-12-6-7-17-18(9-12)30-11-29-17;2*1-2/h2*2-9,16,21,27H,10-11H2,1H3;2*2H,1H3/b2*15-8-;;/t2*16-,21-,22+;;/m00../s1. The van der Waals surface area contributed by atoms with Crippen molar-refractivity contribution in [3.8, 4) is 23.0 Å². The fourth-order valence-electron chi connectivity index (χ4n) is 10.1. The molecule has 2 amide bonds. The number of amides is 2. The molecular formula is C46H44N4O14. The summed E-state index contributed by atoms with van der Waals surface area (Å²) in [6.45, 7) is 0.328. The fourth-order valence-corrected chi connectivity index (χ4v) is 10.1. The van der Waals surface area contributed by atoms with Crippen molar-refractivity contribution in [2.75, 3.05) is 51.8 Å². The van der Waals surface area contributed by atoms with Crippen LogP contribution in [0.2, 0.25) is 0 Å². The van der Waals surface area contributed by atoms with Crippen LogP contribution < -0.4 is 28.7 Å². The SMILES string of the molecule is CO.CO.COC(=O)[C@@H]1C[C@@]2(O)c3ccccc3N3/C(=C\c4ccc5c(c4)OCO5)C(=O)N1[C@H]32.COC(=O)[C@@H]1C[C@@]2(O)c3ccccc3N3/C(=C\c4ccc5c(c4)OCO5)C(=O)N1[C@H]32. The van der Waals surface area contributed by atoms with Gasteiger partial charge >= 0.3 is 11.9 Å². The molecule has 18 nitrogen and oxygen atoms in total. The number of hydrogen-bond acceptors (Lipinski definition) is 16. The zero-order valence-corrected chi connectivity index (χ0v) is 35.0. The minimum Gasteiger partial charge on any atom is -0.467 e. The molecule has 8 aliphatic rings. The second-order valence-electron chi connectivity index (χ2n) is 15.6. The molecule has 12 rings (SSSR count). The van der Waals surface area contributed by atoms with E-state index >= 15 is 0 Å². The monoisotopic (exact) mass is 876 g/mol. The number of carbonyl (C=O) groups excluding carboxylic acids is 4. The molecule has 0 bridgehead atoms. The maximum atomic E-state index is 13.4. The van der Waals surface area contributed by atoms with Gasteiger partial charge in [0.15, 0.2) is 23.0 Å². The van der Waals surface area contributed by atoms with Gasteiger partial charge in [0.2, 0.25) is 13.6 Å². The molecule has 0 unspecified atom stereocenters. The summed E-state index contributed by atoms with van der Waals surface area (Å²) in [5, 5.41) is 37.2. The van der Waals surface area contributed by atoms with E-state index in [9.17, 15) is 29.4 Å². The van der Waals surface area contributed by atoms with Gasteiger partial charge in [-0.15, -0.1) is 0 Å². The Morgan fingerprint density at radius 3 is 1.36 bits per heavy atom. The minimum atomic E-state index is -1.35. The lowest BCUT2D eigenvalue weighted by Gasteiger charge is -2.26. The summed E-state index contributed by atoms with van der Waals surface area (Å²) in [5.74, 6) is 0.823. The van der Waals surface area contributed by atoms with Gasteiger partial charge in [-0.1, -0.05) is 48.5 Å². The van der Waals surface area contributed by atoms with Crippen LogP contribution in [0.15, 0.2) is 96.3 Å². The zero-order valence-electron chi connectivity index (χ0n) is 35.0. The lowest BCUT2D eigenvalue weighted by atomic mass is 9.91. The molecule has 0 aromatic heterocycles. The van der Waals surface area contributed by atoms with E-state index in [-0.39, 0.29) is 38.2 Å². The summed E-state index contributed by atoms with van der Waals surface area (Å²) >= 11 is 0. The number of ether oxygens (including phenoxy) is 6. The van der Waals surface area contributed by atoms with E-state index in [2.05, 4.69) is 0 Å². The maximum absolute atomic E-state index is 13.4. The fraction of sp³-hybridized carbons (Fsp3) is 0.304. The van der Waals surface area contributed by atoms with Crippen LogP contribution >= 0.6 is 0 Å².